The Kier molecular flexibility index (Phi) is 12.9. The van der Waals surface area contributed by atoms with Gasteiger partial charge in [-0.15, -0.1) is 24.0 Å². The van der Waals surface area contributed by atoms with Crippen molar-refractivity contribution in [2.75, 3.05) is 40.8 Å². The molecule has 0 saturated carbocycles. The zero-order valence-electron chi connectivity index (χ0n) is 20.0. The number of guanidine groups is 1. The predicted molar refractivity (Wildman–Crippen MR) is 145 cm³/mol. The van der Waals surface area contributed by atoms with Crippen LogP contribution in [0.25, 0.3) is 0 Å². The van der Waals surface area contributed by atoms with Crippen molar-refractivity contribution < 1.29 is 4.79 Å². The molecule has 0 spiro atoms. The Labute approximate surface area is 210 Å². The molecule has 7 heteroatoms. The van der Waals surface area contributed by atoms with Crippen molar-refractivity contribution in [1.82, 2.24) is 20.4 Å². The fourth-order valence-electron chi connectivity index (χ4n) is 3.42. The summed E-state index contributed by atoms with van der Waals surface area (Å²) in [5, 5.41) is 6.80. The average Bonchev–Trinajstić information content (AvgIpc) is 2.79. The highest BCUT2D eigenvalue weighted by atomic mass is 127. The van der Waals surface area contributed by atoms with E-state index in [-0.39, 0.29) is 29.9 Å². The lowest BCUT2D eigenvalue weighted by atomic mass is 10.1. The lowest BCUT2D eigenvalue weighted by molar-refractivity contribution is 0.0827. The number of benzene rings is 2. The van der Waals surface area contributed by atoms with Crippen molar-refractivity contribution in [2.45, 2.75) is 33.4 Å². The van der Waals surface area contributed by atoms with Crippen LogP contribution in [0.2, 0.25) is 0 Å². The number of amides is 1. The van der Waals surface area contributed by atoms with Crippen LogP contribution in [0.5, 0.6) is 0 Å². The second-order valence-electron chi connectivity index (χ2n) is 7.73. The molecule has 0 aliphatic heterocycles. The van der Waals surface area contributed by atoms with Crippen LogP contribution in [0, 0.1) is 0 Å². The Bertz CT molecular complexity index is 865. The van der Waals surface area contributed by atoms with E-state index in [2.05, 4.69) is 58.6 Å². The third-order valence-corrected chi connectivity index (χ3v) is 5.36. The van der Waals surface area contributed by atoms with E-state index in [1.165, 1.54) is 11.1 Å². The van der Waals surface area contributed by atoms with E-state index in [4.69, 9.17) is 0 Å². The maximum absolute atomic E-state index is 12.2. The van der Waals surface area contributed by atoms with Gasteiger partial charge in [-0.25, -0.2) is 0 Å². The minimum absolute atomic E-state index is 0. The molecule has 0 heterocycles. The molecular formula is C25H38IN5O. The molecule has 2 aromatic rings. The topological polar surface area (TPSA) is 60.0 Å². The summed E-state index contributed by atoms with van der Waals surface area (Å²) in [6.45, 7) is 8.90. The SMILES string of the molecule is CCN(CC)Cc1ccccc1CNC(=NC)NCCc1cccc(C(=O)N(C)C)c1.I. The van der Waals surface area contributed by atoms with Gasteiger partial charge in [0, 0.05) is 46.3 Å². The first-order valence-electron chi connectivity index (χ1n) is 11.0. The Morgan fingerprint density at radius 3 is 2.28 bits per heavy atom. The van der Waals surface area contributed by atoms with Gasteiger partial charge in [-0.2, -0.15) is 0 Å². The minimum Gasteiger partial charge on any atom is -0.356 e. The molecule has 2 N–H and O–H groups in total. The van der Waals surface area contributed by atoms with Crippen LogP contribution in [-0.4, -0.2) is 62.4 Å². The Balaban J connectivity index is 0.00000512. The number of hydrogen-bond acceptors (Lipinski definition) is 3. The first-order valence-corrected chi connectivity index (χ1v) is 11.0. The van der Waals surface area contributed by atoms with Gasteiger partial charge in [0.05, 0.1) is 0 Å². The van der Waals surface area contributed by atoms with Crippen LogP contribution in [0.15, 0.2) is 53.5 Å². The van der Waals surface area contributed by atoms with E-state index in [0.29, 0.717) is 0 Å². The van der Waals surface area contributed by atoms with Gasteiger partial charge in [0.25, 0.3) is 5.91 Å². The Hall–Kier alpha value is -2.13. The summed E-state index contributed by atoms with van der Waals surface area (Å²) in [7, 11) is 5.33. The highest BCUT2D eigenvalue weighted by molar-refractivity contribution is 14.0. The molecule has 0 saturated heterocycles. The first kappa shape index (κ1) is 27.9. The van der Waals surface area contributed by atoms with Gasteiger partial charge in [0.15, 0.2) is 5.96 Å². The van der Waals surface area contributed by atoms with Crippen molar-refractivity contribution in [3.05, 3.63) is 70.8 Å². The lowest BCUT2D eigenvalue weighted by Gasteiger charge is -2.20. The smallest absolute Gasteiger partial charge is 0.253 e. The molecule has 2 aromatic carbocycles. The van der Waals surface area contributed by atoms with Crippen LogP contribution in [0.4, 0.5) is 0 Å². The van der Waals surface area contributed by atoms with Gasteiger partial charge >= 0.3 is 0 Å². The number of aliphatic imine (C=N–C) groups is 1. The Morgan fingerprint density at radius 2 is 1.66 bits per heavy atom. The highest BCUT2D eigenvalue weighted by Crippen LogP contribution is 2.12. The summed E-state index contributed by atoms with van der Waals surface area (Å²) in [4.78, 5) is 20.5. The molecule has 1 amide bonds. The summed E-state index contributed by atoms with van der Waals surface area (Å²) in [6.07, 6.45) is 0.813. The molecule has 0 aromatic heterocycles. The molecule has 32 heavy (non-hydrogen) atoms. The van der Waals surface area contributed by atoms with Gasteiger partial charge in [-0.1, -0.05) is 50.2 Å². The number of rotatable bonds is 10. The van der Waals surface area contributed by atoms with E-state index < -0.39 is 0 Å². The van der Waals surface area contributed by atoms with Crippen LogP contribution in [-0.2, 0) is 19.5 Å². The second kappa shape index (κ2) is 14.8. The number of nitrogens with one attached hydrogen (secondary N) is 2. The number of hydrogen-bond donors (Lipinski definition) is 2. The van der Waals surface area contributed by atoms with Gasteiger partial charge < -0.3 is 15.5 Å². The molecule has 0 fully saturated rings. The van der Waals surface area contributed by atoms with Gasteiger partial charge in [-0.05, 0) is 48.3 Å². The average molecular weight is 552 g/mol. The van der Waals surface area contributed by atoms with Crippen molar-refractivity contribution in [1.29, 1.82) is 0 Å². The van der Waals surface area contributed by atoms with Crippen molar-refractivity contribution in [3.8, 4) is 0 Å². The molecule has 6 nitrogen and oxygen atoms in total. The molecule has 176 valence electrons. The number of carbonyl (C=O) groups excluding carboxylic acids is 1. The third kappa shape index (κ3) is 8.78. The maximum atomic E-state index is 12.2. The predicted octanol–water partition coefficient (Wildman–Crippen LogP) is 3.76. The molecule has 0 aliphatic rings. The fourth-order valence-corrected chi connectivity index (χ4v) is 3.42. The van der Waals surface area contributed by atoms with Crippen molar-refractivity contribution >= 4 is 35.8 Å². The van der Waals surface area contributed by atoms with E-state index in [0.717, 1.165) is 56.2 Å². The van der Waals surface area contributed by atoms with E-state index >= 15 is 0 Å². The van der Waals surface area contributed by atoms with Gasteiger partial charge in [-0.3, -0.25) is 14.7 Å². The van der Waals surface area contributed by atoms with Crippen LogP contribution >= 0.6 is 24.0 Å². The third-order valence-electron chi connectivity index (χ3n) is 5.36. The first-order chi connectivity index (χ1) is 15.0. The molecule has 0 bridgehead atoms. The summed E-state index contributed by atoms with van der Waals surface area (Å²) in [5.74, 6) is 0.800. The van der Waals surface area contributed by atoms with E-state index in [1.54, 1.807) is 26.0 Å². The molecule has 0 aliphatic carbocycles. The largest absolute Gasteiger partial charge is 0.356 e. The molecule has 0 atom stereocenters. The van der Waals surface area contributed by atoms with Gasteiger partial charge in [0.2, 0.25) is 0 Å². The second-order valence-corrected chi connectivity index (χ2v) is 7.73. The van der Waals surface area contributed by atoms with Crippen LogP contribution < -0.4 is 10.6 Å². The van der Waals surface area contributed by atoms with Crippen LogP contribution in [0.3, 0.4) is 0 Å². The molecular weight excluding hydrogens is 513 g/mol. The number of carbonyl (C=O) groups is 1. The minimum atomic E-state index is 0. The zero-order valence-corrected chi connectivity index (χ0v) is 22.3. The molecule has 0 unspecified atom stereocenters. The number of nitrogens with zero attached hydrogens (tertiary/aromatic N) is 3. The standard InChI is InChI=1S/C25H37N5O.HI/c1-6-30(7-2)19-23-13-9-8-12-22(23)18-28-25(26-3)27-16-15-20-11-10-14-21(17-20)24(31)29(4)5;/h8-14,17H,6-7,15-16,18-19H2,1-5H3,(H2,26,27,28);1H. The summed E-state index contributed by atoms with van der Waals surface area (Å²) in [6, 6.07) is 16.4. The lowest BCUT2D eigenvalue weighted by Crippen LogP contribution is -2.38. The zero-order chi connectivity index (χ0) is 22.6. The Morgan fingerprint density at radius 1 is 0.969 bits per heavy atom. The molecule has 0 radical (unpaired) electrons. The van der Waals surface area contributed by atoms with Crippen molar-refractivity contribution in [2.24, 2.45) is 4.99 Å². The summed E-state index contributed by atoms with van der Waals surface area (Å²) >= 11 is 0. The number of halogens is 1. The van der Waals surface area contributed by atoms with Crippen molar-refractivity contribution in [3.63, 3.8) is 0 Å². The monoisotopic (exact) mass is 551 g/mol. The quantitative estimate of drug-likeness (QED) is 0.268. The van der Waals surface area contributed by atoms with Gasteiger partial charge in [0.1, 0.15) is 0 Å². The maximum Gasteiger partial charge on any atom is 0.253 e. The summed E-state index contributed by atoms with van der Waals surface area (Å²) in [5.41, 5.74) is 4.47. The summed E-state index contributed by atoms with van der Waals surface area (Å²) < 4.78 is 0. The fraction of sp³-hybridized carbons (Fsp3) is 0.440. The molecule has 2 rings (SSSR count). The normalized spacial score (nSPS) is 11.1. The highest BCUT2D eigenvalue weighted by Gasteiger charge is 2.09. The van der Waals surface area contributed by atoms with E-state index in [9.17, 15) is 4.79 Å². The van der Waals surface area contributed by atoms with E-state index in [1.807, 2.05) is 24.3 Å². The van der Waals surface area contributed by atoms with Crippen LogP contribution in [0.1, 0.15) is 40.9 Å².